The van der Waals surface area contributed by atoms with Crippen LogP contribution in [0.25, 0.3) is 0 Å². The SMILES string of the molecule is COc1ccc(N2CN(Cc3ccc4c(c3)OCO4)Cn3c2nc(C)c(C)c3=O)cc1. The summed E-state index contributed by atoms with van der Waals surface area (Å²) >= 11 is 0. The highest BCUT2D eigenvalue weighted by Gasteiger charge is 2.27. The number of anilines is 2. The van der Waals surface area contributed by atoms with Gasteiger partial charge in [-0.1, -0.05) is 6.07 Å². The fourth-order valence-corrected chi connectivity index (χ4v) is 3.94. The molecule has 0 saturated carbocycles. The molecule has 3 heterocycles. The normalized spacial score (nSPS) is 15.1. The maximum absolute atomic E-state index is 13.1. The summed E-state index contributed by atoms with van der Waals surface area (Å²) in [6.07, 6.45) is 0. The van der Waals surface area contributed by atoms with Crippen molar-refractivity contribution in [3.05, 3.63) is 69.6 Å². The fourth-order valence-electron chi connectivity index (χ4n) is 3.94. The van der Waals surface area contributed by atoms with Gasteiger partial charge in [0.15, 0.2) is 11.5 Å². The molecule has 0 spiro atoms. The van der Waals surface area contributed by atoms with E-state index in [4.69, 9.17) is 19.2 Å². The van der Waals surface area contributed by atoms with Crippen molar-refractivity contribution in [2.45, 2.75) is 27.1 Å². The quantitative estimate of drug-likeness (QED) is 0.642. The highest BCUT2D eigenvalue weighted by Crippen LogP contribution is 2.34. The van der Waals surface area contributed by atoms with E-state index in [9.17, 15) is 4.79 Å². The minimum Gasteiger partial charge on any atom is -0.497 e. The Kier molecular flexibility index (Phi) is 4.78. The van der Waals surface area contributed by atoms with Gasteiger partial charge in [-0.25, -0.2) is 4.98 Å². The van der Waals surface area contributed by atoms with Gasteiger partial charge in [0.05, 0.1) is 20.4 Å². The molecule has 0 bridgehead atoms. The van der Waals surface area contributed by atoms with Crippen LogP contribution in [0.2, 0.25) is 0 Å². The lowest BCUT2D eigenvalue weighted by Crippen LogP contribution is -2.47. The molecule has 2 aliphatic rings. The Hall–Kier alpha value is -3.52. The van der Waals surface area contributed by atoms with Crippen molar-refractivity contribution in [1.82, 2.24) is 14.5 Å². The standard InChI is InChI=1S/C23H24N4O4/c1-15-16(2)24-23-26(18-5-7-19(29-3)8-6-18)12-25(13-27(23)22(15)28)11-17-4-9-20-21(10-17)31-14-30-20/h4-10H,11-14H2,1-3H3. The molecule has 2 aliphatic heterocycles. The number of methoxy groups -OCH3 is 1. The second kappa shape index (κ2) is 7.63. The summed E-state index contributed by atoms with van der Waals surface area (Å²) in [6, 6.07) is 13.7. The predicted molar refractivity (Wildman–Crippen MR) is 116 cm³/mol. The third-order valence-electron chi connectivity index (χ3n) is 5.77. The van der Waals surface area contributed by atoms with Crippen molar-refractivity contribution in [1.29, 1.82) is 0 Å². The lowest BCUT2D eigenvalue weighted by atomic mass is 10.2. The van der Waals surface area contributed by atoms with E-state index in [1.807, 2.05) is 56.3 Å². The molecule has 160 valence electrons. The van der Waals surface area contributed by atoms with Crippen LogP contribution >= 0.6 is 0 Å². The maximum Gasteiger partial charge on any atom is 0.259 e. The Morgan fingerprint density at radius 3 is 2.58 bits per heavy atom. The molecule has 0 atom stereocenters. The Morgan fingerprint density at radius 2 is 1.81 bits per heavy atom. The first-order chi connectivity index (χ1) is 15.0. The smallest absolute Gasteiger partial charge is 0.259 e. The fraction of sp³-hybridized carbons (Fsp3) is 0.304. The molecular weight excluding hydrogens is 396 g/mol. The van der Waals surface area contributed by atoms with Gasteiger partial charge in [0.1, 0.15) is 5.75 Å². The van der Waals surface area contributed by atoms with E-state index in [2.05, 4.69) is 9.80 Å². The van der Waals surface area contributed by atoms with Crippen LogP contribution in [0.15, 0.2) is 47.3 Å². The first kappa shape index (κ1) is 19.4. The summed E-state index contributed by atoms with van der Waals surface area (Å²) in [5.74, 6) is 2.95. The largest absolute Gasteiger partial charge is 0.497 e. The van der Waals surface area contributed by atoms with E-state index in [1.165, 1.54) is 0 Å². The average Bonchev–Trinajstić information content (AvgIpc) is 3.26. The summed E-state index contributed by atoms with van der Waals surface area (Å²) in [5, 5.41) is 0. The van der Waals surface area contributed by atoms with Gasteiger partial charge in [0, 0.05) is 23.5 Å². The molecule has 5 rings (SSSR count). The predicted octanol–water partition coefficient (Wildman–Crippen LogP) is 3.17. The number of fused-ring (bicyclic) bond motifs is 2. The van der Waals surface area contributed by atoms with Gasteiger partial charge in [0.25, 0.3) is 5.56 Å². The van der Waals surface area contributed by atoms with Gasteiger partial charge in [-0.05, 0) is 55.8 Å². The number of ether oxygens (including phenoxy) is 3. The third kappa shape index (κ3) is 3.48. The van der Waals surface area contributed by atoms with Crippen LogP contribution in [0.4, 0.5) is 11.6 Å². The number of rotatable bonds is 4. The summed E-state index contributed by atoms with van der Waals surface area (Å²) < 4.78 is 18.0. The maximum atomic E-state index is 13.1. The van der Waals surface area contributed by atoms with Crippen molar-refractivity contribution in [2.24, 2.45) is 0 Å². The molecule has 1 aromatic heterocycles. The van der Waals surface area contributed by atoms with Crippen molar-refractivity contribution in [3.63, 3.8) is 0 Å². The summed E-state index contributed by atoms with van der Waals surface area (Å²) in [4.78, 5) is 22.1. The van der Waals surface area contributed by atoms with E-state index >= 15 is 0 Å². The molecule has 31 heavy (non-hydrogen) atoms. The van der Waals surface area contributed by atoms with Gasteiger partial charge in [-0.2, -0.15) is 0 Å². The number of nitrogens with zero attached hydrogens (tertiary/aromatic N) is 4. The highest BCUT2D eigenvalue weighted by atomic mass is 16.7. The molecule has 0 N–H and O–H groups in total. The number of hydrogen-bond donors (Lipinski definition) is 0. The molecule has 0 radical (unpaired) electrons. The molecule has 0 unspecified atom stereocenters. The van der Waals surface area contributed by atoms with Crippen LogP contribution in [0, 0.1) is 13.8 Å². The van der Waals surface area contributed by atoms with Crippen molar-refractivity contribution in [3.8, 4) is 17.2 Å². The van der Waals surface area contributed by atoms with E-state index in [0.717, 1.165) is 34.2 Å². The van der Waals surface area contributed by atoms with E-state index < -0.39 is 0 Å². The van der Waals surface area contributed by atoms with Crippen molar-refractivity contribution in [2.75, 3.05) is 25.5 Å². The molecule has 0 saturated heterocycles. The van der Waals surface area contributed by atoms with Crippen LogP contribution in [0.3, 0.4) is 0 Å². The number of hydrogen-bond acceptors (Lipinski definition) is 7. The zero-order chi connectivity index (χ0) is 21.5. The summed E-state index contributed by atoms with van der Waals surface area (Å²) in [5.41, 5.74) is 3.44. The zero-order valence-corrected chi connectivity index (χ0v) is 17.8. The highest BCUT2D eigenvalue weighted by molar-refractivity contribution is 5.59. The summed E-state index contributed by atoms with van der Waals surface area (Å²) in [6.45, 7) is 5.66. The second-order valence-electron chi connectivity index (χ2n) is 7.78. The summed E-state index contributed by atoms with van der Waals surface area (Å²) in [7, 11) is 1.64. The molecule has 0 fully saturated rings. The lowest BCUT2D eigenvalue weighted by molar-refractivity contribution is 0.173. The second-order valence-corrected chi connectivity index (χ2v) is 7.78. The minimum absolute atomic E-state index is 0.0172. The van der Waals surface area contributed by atoms with Gasteiger partial charge in [0.2, 0.25) is 12.7 Å². The molecule has 2 aromatic carbocycles. The van der Waals surface area contributed by atoms with Crippen LogP contribution in [0.5, 0.6) is 17.2 Å². The zero-order valence-electron chi connectivity index (χ0n) is 17.8. The van der Waals surface area contributed by atoms with Gasteiger partial charge >= 0.3 is 0 Å². The van der Waals surface area contributed by atoms with Crippen LogP contribution < -0.4 is 24.7 Å². The molecule has 8 heteroatoms. The van der Waals surface area contributed by atoms with E-state index in [-0.39, 0.29) is 12.4 Å². The van der Waals surface area contributed by atoms with Crippen LogP contribution in [-0.4, -0.2) is 35.0 Å². The third-order valence-corrected chi connectivity index (χ3v) is 5.77. The van der Waals surface area contributed by atoms with Gasteiger partial charge < -0.3 is 14.2 Å². The van der Waals surface area contributed by atoms with Crippen LogP contribution in [0.1, 0.15) is 16.8 Å². The molecule has 0 amide bonds. The molecule has 8 nitrogen and oxygen atoms in total. The van der Waals surface area contributed by atoms with Crippen molar-refractivity contribution < 1.29 is 14.2 Å². The van der Waals surface area contributed by atoms with E-state index in [1.54, 1.807) is 11.7 Å². The Bertz CT molecular complexity index is 1190. The van der Waals surface area contributed by atoms with Crippen molar-refractivity contribution >= 4 is 11.6 Å². The molecular formula is C23H24N4O4. The topological polar surface area (TPSA) is 69.1 Å². The van der Waals surface area contributed by atoms with Gasteiger partial charge in [-0.3, -0.25) is 19.2 Å². The molecule has 3 aromatic rings. The first-order valence-corrected chi connectivity index (χ1v) is 10.1. The average molecular weight is 420 g/mol. The van der Waals surface area contributed by atoms with E-state index in [0.29, 0.717) is 31.4 Å². The van der Waals surface area contributed by atoms with Crippen LogP contribution in [-0.2, 0) is 13.2 Å². The lowest BCUT2D eigenvalue weighted by Gasteiger charge is -2.38. The monoisotopic (exact) mass is 420 g/mol. The first-order valence-electron chi connectivity index (χ1n) is 10.1. The van der Waals surface area contributed by atoms with Gasteiger partial charge in [-0.15, -0.1) is 0 Å². The number of aryl methyl sites for hydroxylation is 1. The Balaban J connectivity index is 1.52. The number of aromatic nitrogens is 2. The number of benzene rings is 2. The molecule has 0 aliphatic carbocycles. The Labute approximate surface area is 180 Å². The Morgan fingerprint density at radius 1 is 1.03 bits per heavy atom. The minimum atomic E-state index is -0.0172.